The maximum Gasteiger partial charge on any atom is 0.346 e. The largest absolute Gasteiger partial charge is 0.497 e. The van der Waals surface area contributed by atoms with E-state index in [4.69, 9.17) is 9.47 Å². The molecule has 0 bridgehead atoms. The van der Waals surface area contributed by atoms with Gasteiger partial charge in [-0.05, 0) is 54.4 Å². The van der Waals surface area contributed by atoms with E-state index in [1.165, 1.54) is 6.21 Å². The van der Waals surface area contributed by atoms with Gasteiger partial charge >= 0.3 is 6.03 Å². The van der Waals surface area contributed by atoms with Crippen LogP contribution >= 0.6 is 0 Å². The average Bonchev–Trinajstić information content (AvgIpc) is 3.02. The summed E-state index contributed by atoms with van der Waals surface area (Å²) in [4.78, 5) is 25.5. The lowest BCUT2D eigenvalue weighted by molar-refractivity contribution is -0.131. The molecule has 0 saturated carbocycles. The molecule has 0 aliphatic carbocycles. The molecule has 1 heterocycles. The summed E-state index contributed by atoms with van der Waals surface area (Å²) >= 11 is 0. The second-order valence-electron chi connectivity index (χ2n) is 7.13. The van der Waals surface area contributed by atoms with Gasteiger partial charge in [0.15, 0.2) is 0 Å². The second kappa shape index (κ2) is 8.31. The van der Waals surface area contributed by atoms with Crippen molar-refractivity contribution < 1.29 is 19.1 Å². The molecule has 0 spiro atoms. The van der Waals surface area contributed by atoms with Crippen molar-refractivity contribution in [3.8, 4) is 17.2 Å². The van der Waals surface area contributed by atoms with Gasteiger partial charge in [0, 0.05) is 0 Å². The number of nitrogens with zero attached hydrogens (tertiary/aromatic N) is 2. The van der Waals surface area contributed by atoms with E-state index in [0.29, 0.717) is 28.4 Å². The Morgan fingerprint density at radius 2 is 1.61 bits per heavy atom. The highest BCUT2D eigenvalue weighted by atomic mass is 16.5. The first-order valence-corrected chi connectivity index (χ1v) is 9.68. The molecule has 156 valence electrons. The second-order valence-corrected chi connectivity index (χ2v) is 7.13. The summed E-state index contributed by atoms with van der Waals surface area (Å²) in [7, 11) is 1.57. The summed E-state index contributed by atoms with van der Waals surface area (Å²) in [6.07, 6.45) is 1.45. The van der Waals surface area contributed by atoms with Crippen LogP contribution in [0, 0.1) is 0 Å². The monoisotopic (exact) mass is 415 g/mol. The van der Waals surface area contributed by atoms with Gasteiger partial charge < -0.3 is 14.8 Å². The summed E-state index contributed by atoms with van der Waals surface area (Å²) in [5, 5.41) is 7.69. The van der Waals surface area contributed by atoms with Crippen molar-refractivity contribution in [3.05, 3.63) is 90.0 Å². The van der Waals surface area contributed by atoms with Gasteiger partial charge in [-0.3, -0.25) is 4.79 Å². The van der Waals surface area contributed by atoms with Crippen molar-refractivity contribution in [1.82, 2.24) is 10.3 Å². The fourth-order valence-corrected chi connectivity index (χ4v) is 3.26. The van der Waals surface area contributed by atoms with Gasteiger partial charge in [0.2, 0.25) is 0 Å². The number of urea groups is 1. The summed E-state index contributed by atoms with van der Waals surface area (Å²) in [6.45, 7) is 1.65. The number of para-hydroxylation sites is 1. The van der Waals surface area contributed by atoms with Crippen LogP contribution in [0.4, 0.5) is 4.79 Å². The van der Waals surface area contributed by atoms with Crippen LogP contribution in [0.15, 0.2) is 84.0 Å². The Hall–Kier alpha value is -4.13. The van der Waals surface area contributed by atoms with E-state index in [-0.39, 0.29) is 0 Å². The molecule has 7 heteroatoms. The summed E-state index contributed by atoms with van der Waals surface area (Å²) in [5.41, 5.74) is 0.119. The van der Waals surface area contributed by atoms with Crippen molar-refractivity contribution in [3.63, 3.8) is 0 Å². The number of methoxy groups -OCH3 is 1. The Bertz CT molecular complexity index is 1130. The van der Waals surface area contributed by atoms with Gasteiger partial charge in [0.1, 0.15) is 22.8 Å². The van der Waals surface area contributed by atoms with Gasteiger partial charge in [-0.2, -0.15) is 5.10 Å². The highest BCUT2D eigenvalue weighted by molar-refractivity contribution is 6.07. The van der Waals surface area contributed by atoms with Crippen molar-refractivity contribution in [2.24, 2.45) is 5.10 Å². The highest BCUT2D eigenvalue weighted by Gasteiger charge is 2.49. The van der Waals surface area contributed by atoms with E-state index in [0.717, 1.165) is 5.01 Å². The molecule has 4 rings (SSSR count). The molecule has 0 radical (unpaired) electrons. The summed E-state index contributed by atoms with van der Waals surface area (Å²) < 4.78 is 11.0. The van der Waals surface area contributed by atoms with Crippen molar-refractivity contribution in [2.75, 3.05) is 7.11 Å². The van der Waals surface area contributed by atoms with E-state index < -0.39 is 17.5 Å². The Balaban J connectivity index is 1.52. The highest BCUT2D eigenvalue weighted by Crippen LogP contribution is 2.30. The van der Waals surface area contributed by atoms with Crippen LogP contribution < -0.4 is 14.8 Å². The van der Waals surface area contributed by atoms with Crippen LogP contribution in [0.25, 0.3) is 0 Å². The number of hydrogen-bond acceptors (Lipinski definition) is 5. The number of rotatable bonds is 6. The Kier molecular flexibility index (Phi) is 5.41. The molecule has 1 atom stereocenters. The quantitative estimate of drug-likeness (QED) is 0.481. The van der Waals surface area contributed by atoms with E-state index in [9.17, 15) is 9.59 Å². The predicted molar refractivity (Wildman–Crippen MR) is 116 cm³/mol. The van der Waals surface area contributed by atoms with Crippen molar-refractivity contribution >= 4 is 18.2 Å². The minimum Gasteiger partial charge on any atom is -0.497 e. The zero-order valence-electron chi connectivity index (χ0n) is 17.1. The molecule has 3 aromatic carbocycles. The maximum absolute atomic E-state index is 13.0. The van der Waals surface area contributed by atoms with Crippen LogP contribution in [-0.4, -0.2) is 30.3 Å². The number of amides is 3. The number of nitrogens with one attached hydrogen (secondary N) is 1. The molecular formula is C24H21N3O4. The Morgan fingerprint density at radius 1 is 0.903 bits per heavy atom. The first-order chi connectivity index (χ1) is 15.0. The van der Waals surface area contributed by atoms with Gasteiger partial charge in [-0.15, -0.1) is 5.01 Å². The third-order valence-corrected chi connectivity index (χ3v) is 5.00. The molecule has 0 aromatic heterocycles. The standard InChI is InChI=1S/C24H21N3O4/c1-24(18-11-13-19(30-2)14-12-18)22(28)27(23(29)26-24)25-16-17-7-6-10-21(15-17)31-20-8-4-3-5-9-20/h3-16H,1-2H3,(H,26,29)/b25-16-/t24-/m0/s1. The number of carbonyl (C=O) groups is 2. The molecule has 1 fully saturated rings. The lowest BCUT2D eigenvalue weighted by atomic mass is 9.92. The fourth-order valence-electron chi connectivity index (χ4n) is 3.26. The van der Waals surface area contributed by atoms with E-state index in [1.54, 1.807) is 44.4 Å². The summed E-state index contributed by atoms with van der Waals surface area (Å²) in [5.74, 6) is 1.53. The SMILES string of the molecule is COc1ccc([C@]2(C)NC(=O)N(/N=C\c3cccc(Oc4ccccc4)c3)C2=O)cc1. The third kappa shape index (κ3) is 4.11. The predicted octanol–water partition coefficient (Wildman–Crippen LogP) is 4.29. The molecule has 7 nitrogen and oxygen atoms in total. The fraction of sp³-hybridized carbons (Fsp3) is 0.125. The number of carbonyl (C=O) groups excluding carboxylic acids is 2. The lowest BCUT2D eigenvalue weighted by Gasteiger charge is -2.21. The van der Waals surface area contributed by atoms with Crippen molar-refractivity contribution in [2.45, 2.75) is 12.5 Å². The van der Waals surface area contributed by atoms with Crippen LogP contribution in [0.2, 0.25) is 0 Å². The minimum absolute atomic E-state index is 0.462. The average molecular weight is 415 g/mol. The van der Waals surface area contributed by atoms with E-state index in [2.05, 4.69) is 10.4 Å². The number of benzene rings is 3. The molecule has 3 aromatic rings. The smallest absolute Gasteiger partial charge is 0.346 e. The number of ether oxygens (including phenoxy) is 2. The zero-order valence-corrected chi connectivity index (χ0v) is 17.1. The Morgan fingerprint density at radius 3 is 2.32 bits per heavy atom. The van der Waals surface area contributed by atoms with Gasteiger partial charge in [0.05, 0.1) is 13.3 Å². The molecule has 3 amide bonds. The molecule has 1 aliphatic heterocycles. The lowest BCUT2D eigenvalue weighted by Crippen LogP contribution is -2.40. The topological polar surface area (TPSA) is 80.2 Å². The maximum atomic E-state index is 13.0. The zero-order chi connectivity index (χ0) is 21.8. The molecule has 1 saturated heterocycles. The molecule has 0 unspecified atom stereocenters. The summed E-state index contributed by atoms with van der Waals surface area (Å²) in [6, 6.07) is 23.0. The first-order valence-electron chi connectivity index (χ1n) is 9.68. The number of imide groups is 1. The number of hydrogen-bond donors (Lipinski definition) is 1. The van der Waals surface area contributed by atoms with Crippen LogP contribution in [0.3, 0.4) is 0 Å². The van der Waals surface area contributed by atoms with Gasteiger partial charge in [0.25, 0.3) is 5.91 Å². The number of hydrazone groups is 1. The van der Waals surface area contributed by atoms with Crippen LogP contribution in [0.1, 0.15) is 18.1 Å². The normalized spacial score (nSPS) is 18.3. The third-order valence-electron chi connectivity index (χ3n) is 5.00. The van der Waals surface area contributed by atoms with Crippen LogP contribution in [-0.2, 0) is 10.3 Å². The van der Waals surface area contributed by atoms with Crippen molar-refractivity contribution in [1.29, 1.82) is 0 Å². The first kappa shape index (κ1) is 20.2. The molecule has 31 heavy (non-hydrogen) atoms. The minimum atomic E-state index is -1.21. The van der Waals surface area contributed by atoms with Crippen LogP contribution in [0.5, 0.6) is 17.2 Å². The van der Waals surface area contributed by atoms with E-state index >= 15 is 0 Å². The molecular weight excluding hydrogens is 394 g/mol. The Labute approximate surface area is 179 Å². The molecule has 1 N–H and O–H groups in total. The molecule has 1 aliphatic rings. The van der Waals surface area contributed by atoms with E-state index in [1.807, 2.05) is 48.5 Å². The van der Waals surface area contributed by atoms with Gasteiger partial charge in [-0.25, -0.2) is 4.79 Å². The van der Waals surface area contributed by atoms with Gasteiger partial charge in [-0.1, -0.05) is 42.5 Å².